The lowest BCUT2D eigenvalue weighted by Crippen LogP contribution is -2.06. The van der Waals surface area contributed by atoms with Gasteiger partial charge in [0.05, 0.1) is 26.5 Å². The monoisotopic (exact) mass is 352 g/mol. The van der Waals surface area contributed by atoms with Crippen molar-refractivity contribution in [3.8, 4) is 11.5 Å². The molecule has 0 aromatic heterocycles. The third-order valence-corrected chi connectivity index (χ3v) is 3.82. The quantitative estimate of drug-likeness (QED) is 0.588. The Morgan fingerprint density at radius 3 is 2.52 bits per heavy atom. The molecule has 2 aromatic rings. The van der Waals surface area contributed by atoms with Gasteiger partial charge in [-0.05, 0) is 42.8 Å². The van der Waals surface area contributed by atoms with Crippen LogP contribution in [0.5, 0.6) is 11.5 Å². The van der Waals surface area contributed by atoms with E-state index in [1.165, 1.54) is 0 Å². The molecule has 2 rings (SSSR count). The molecule has 23 heavy (non-hydrogen) atoms. The van der Waals surface area contributed by atoms with E-state index in [4.69, 9.17) is 32.7 Å². The van der Waals surface area contributed by atoms with E-state index in [1.807, 2.05) is 31.2 Å². The average Bonchev–Trinajstić information content (AvgIpc) is 2.55. The van der Waals surface area contributed by atoms with Gasteiger partial charge < -0.3 is 14.9 Å². The van der Waals surface area contributed by atoms with Crippen LogP contribution in [0.1, 0.15) is 18.1 Å². The van der Waals surface area contributed by atoms with Crippen LogP contribution < -0.4 is 14.9 Å². The molecule has 0 saturated carbocycles. The van der Waals surface area contributed by atoms with Crippen molar-refractivity contribution >= 4 is 29.4 Å². The van der Waals surface area contributed by atoms with E-state index in [9.17, 15) is 0 Å². The summed E-state index contributed by atoms with van der Waals surface area (Å²) in [5.41, 5.74) is 4.65. The maximum atomic E-state index is 6.11. The Morgan fingerprint density at radius 2 is 1.87 bits per heavy atom. The second-order valence-corrected chi connectivity index (χ2v) is 5.45. The summed E-state index contributed by atoms with van der Waals surface area (Å²) in [6.07, 6.45) is 1.70. The fourth-order valence-electron chi connectivity index (χ4n) is 1.99. The zero-order chi connectivity index (χ0) is 16.7. The van der Waals surface area contributed by atoms with E-state index in [2.05, 4.69) is 10.5 Å². The summed E-state index contributed by atoms with van der Waals surface area (Å²) in [7, 11) is 1.61. The number of nitrogens with zero attached hydrogens (tertiary/aromatic N) is 1. The first kappa shape index (κ1) is 17.4. The molecule has 0 radical (unpaired) electrons. The summed E-state index contributed by atoms with van der Waals surface area (Å²) in [5, 5.41) is 5.41. The molecular weight excluding hydrogens is 335 g/mol. The summed E-state index contributed by atoms with van der Waals surface area (Å²) < 4.78 is 10.8. The highest BCUT2D eigenvalue weighted by Crippen LogP contribution is 2.27. The van der Waals surface area contributed by atoms with Crippen LogP contribution in [0.4, 0.5) is 0 Å². The Kier molecular flexibility index (Phi) is 6.56. The van der Waals surface area contributed by atoms with Gasteiger partial charge in [0.2, 0.25) is 0 Å². The van der Waals surface area contributed by atoms with Crippen molar-refractivity contribution in [2.45, 2.75) is 13.5 Å². The van der Waals surface area contributed by atoms with Gasteiger partial charge in [0, 0.05) is 15.6 Å². The summed E-state index contributed by atoms with van der Waals surface area (Å²) in [4.78, 5) is 0. The van der Waals surface area contributed by atoms with E-state index < -0.39 is 0 Å². The molecule has 0 aliphatic heterocycles. The van der Waals surface area contributed by atoms with Crippen LogP contribution in [0, 0.1) is 0 Å². The minimum absolute atomic E-state index is 0.448. The molecule has 0 heterocycles. The van der Waals surface area contributed by atoms with E-state index in [-0.39, 0.29) is 0 Å². The van der Waals surface area contributed by atoms with E-state index in [0.717, 1.165) is 11.1 Å². The number of hydrazone groups is 1. The molecule has 122 valence electrons. The van der Waals surface area contributed by atoms with Crippen LogP contribution in [0.2, 0.25) is 10.0 Å². The first-order valence-corrected chi connectivity index (χ1v) is 7.91. The van der Waals surface area contributed by atoms with E-state index in [1.54, 1.807) is 25.5 Å². The highest BCUT2D eigenvalue weighted by Gasteiger charge is 2.05. The van der Waals surface area contributed by atoms with Crippen molar-refractivity contribution in [1.29, 1.82) is 0 Å². The molecule has 0 fully saturated rings. The summed E-state index contributed by atoms with van der Waals surface area (Å²) >= 11 is 12.2. The second-order valence-electron chi connectivity index (χ2n) is 4.64. The van der Waals surface area contributed by atoms with Crippen LogP contribution in [0.25, 0.3) is 0 Å². The Bertz CT molecular complexity index is 670. The van der Waals surface area contributed by atoms with Crippen LogP contribution in [-0.4, -0.2) is 19.9 Å². The Morgan fingerprint density at radius 1 is 1.13 bits per heavy atom. The van der Waals surface area contributed by atoms with Gasteiger partial charge in [-0.3, -0.25) is 0 Å². The molecule has 0 spiro atoms. The number of nitrogens with one attached hydrogen (secondary N) is 1. The molecule has 0 unspecified atom stereocenters. The molecule has 6 heteroatoms. The highest BCUT2D eigenvalue weighted by atomic mass is 35.5. The zero-order valence-corrected chi connectivity index (χ0v) is 14.5. The van der Waals surface area contributed by atoms with E-state index >= 15 is 0 Å². The fourth-order valence-corrected chi connectivity index (χ4v) is 2.52. The van der Waals surface area contributed by atoms with Gasteiger partial charge in [-0.15, -0.1) is 0 Å². The van der Waals surface area contributed by atoms with Crippen molar-refractivity contribution in [1.82, 2.24) is 5.43 Å². The van der Waals surface area contributed by atoms with Crippen LogP contribution in [-0.2, 0) is 6.54 Å². The standard InChI is InChI=1S/C17H18Cl2N2O2/c1-3-23-16-8-7-12(9-17(16)22-2)10-20-21-11-13-14(18)5-4-6-15(13)19/h4-10,21H,3,11H2,1-2H3/b20-10+. The maximum Gasteiger partial charge on any atom is 0.161 e. The normalized spacial score (nSPS) is 10.8. The number of hydrogen-bond acceptors (Lipinski definition) is 4. The molecule has 4 nitrogen and oxygen atoms in total. The third kappa shape index (κ3) is 4.78. The Balaban J connectivity index is 2.00. The van der Waals surface area contributed by atoms with Crippen molar-refractivity contribution in [2.24, 2.45) is 5.10 Å². The van der Waals surface area contributed by atoms with Crippen molar-refractivity contribution < 1.29 is 9.47 Å². The first-order chi connectivity index (χ1) is 11.2. The SMILES string of the molecule is CCOc1ccc(/C=N/NCc2c(Cl)cccc2Cl)cc1OC. The highest BCUT2D eigenvalue weighted by molar-refractivity contribution is 6.35. The molecule has 0 aliphatic rings. The topological polar surface area (TPSA) is 42.8 Å². The summed E-state index contributed by atoms with van der Waals surface area (Å²) in [6, 6.07) is 11.0. The molecule has 0 atom stereocenters. The summed E-state index contributed by atoms with van der Waals surface area (Å²) in [6.45, 7) is 2.96. The maximum absolute atomic E-state index is 6.11. The lowest BCUT2D eigenvalue weighted by molar-refractivity contribution is 0.311. The number of halogens is 2. The van der Waals surface area contributed by atoms with Crippen LogP contribution in [0.3, 0.4) is 0 Å². The minimum Gasteiger partial charge on any atom is -0.493 e. The lowest BCUT2D eigenvalue weighted by atomic mass is 10.2. The smallest absolute Gasteiger partial charge is 0.161 e. The Labute approximate surface area is 146 Å². The second kappa shape index (κ2) is 8.65. The van der Waals surface area contributed by atoms with Gasteiger partial charge in [-0.2, -0.15) is 5.10 Å². The summed E-state index contributed by atoms with van der Waals surface area (Å²) in [5.74, 6) is 1.38. The number of ether oxygens (including phenoxy) is 2. The molecule has 0 aliphatic carbocycles. The first-order valence-electron chi connectivity index (χ1n) is 7.15. The Hall–Kier alpha value is -1.91. The fraction of sp³-hybridized carbons (Fsp3) is 0.235. The number of methoxy groups -OCH3 is 1. The van der Waals surface area contributed by atoms with Crippen LogP contribution >= 0.6 is 23.2 Å². The van der Waals surface area contributed by atoms with E-state index in [0.29, 0.717) is 34.7 Å². The molecular formula is C17H18Cl2N2O2. The van der Waals surface area contributed by atoms with Gasteiger partial charge in [-0.25, -0.2) is 0 Å². The minimum atomic E-state index is 0.448. The van der Waals surface area contributed by atoms with Crippen LogP contribution in [0.15, 0.2) is 41.5 Å². The molecule has 0 bridgehead atoms. The van der Waals surface area contributed by atoms with Crippen molar-refractivity contribution in [3.05, 3.63) is 57.6 Å². The molecule has 1 N–H and O–H groups in total. The lowest BCUT2D eigenvalue weighted by Gasteiger charge is -2.09. The zero-order valence-electron chi connectivity index (χ0n) is 13.0. The largest absolute Gasteiger partial charge is 0.493 e. The number of hydrogen-bond donors (Lipinski definition) is 1. The average molecular weight is 353 g/mol. The van der Waals surface area contributed by atoms with Gasteiger partial charge in [-0.1, -0.05) is 29.3 Å². The number of rotatable bonds is 7. The molecule has 0 amide bonds. The predicted octanol–water partition coefficient (Wildman–Crippen LogP) is 4.52. The predicted molar refractivity (Wildman–Crippen MR) is 95.1 cm³/mol. The van der Waals surface area contributed by atoms with Gasteiger partial charge in [0.15, 0.2) is 11.5 Å². The molecule has 2 aromatic carbocycles. The third-order valence-electron chi connectivity index (χ3n) is 3.11. The van der Waals surface area contributed by atoms with Gasteiger partial charge in [0.1, 0.15) is 0 Å². The molecule has 0 saturated heterocycles. The van der Waals surface area contributed by atoms with Crippen molar-refractivity contribution in [3.63, 3.8) is 0 Å². The van der Waals surface area contributed by atoms with Crippen molar-refractivity contribution in [2.75, 3.05) is 13.7 Å². The number of benzene rings is 2. The van der Waals surface area contributed by atoms with Gasteiger partial charge >= 0.3 is 0 Å². The van der Waals surface area contributed by atoms with Gasteiger partial charge in [0.25, 0.3) is 0 Å².